The van der Waals surface area contributed by atoms with E-state index in [2.05, 4.69) is 10.3 Å². The summed E-state index contributed by atoms with van der Waals surface area (Å²) in [5, 5.41) is 4.59. The predicted molar refractivity (Wildman–Crippen MR) is 96.6 cm³/mol. The van der Waals surface area contributed by atoms with Crippen molar-refractivity contribution in [1.82, 2.24) is 14.6 Å². The van der Waals surface area contributed by atoms with Crippen molar-refractivity contribution in [2.24, 2.45) is 0 Å². The van der Waals surface area contributed by atoms with Gasteiger partial charge in [-0.3, -0.25) is 9.78 Å². The molecule has 0 bridgehead atoms. The third kappa shape index (κ3) is 4.45. The maximum absolute atomic E-state index is 12.8. The molecule has 2 aromatic heterocycles. The number of rotatable bonds is 6. The molecule has 0 aliphatic carbocycles. The Morgan fingerprint density at radius 2 is 2.16 bits per heavy atom. The van der Waals surface area contributed by atoms with Crippen LogP contribution < -0.4 is 5.32 Å². The minimum absolute atomic E-state index is 0.149. The Hall–Kier alpha value is -1.77. The van der Waals surface area contributed by atoms with Crippen LogP contribution in [0.25, 0.3) is 0 Å². The van der Waals surface area contributed by atoms with Crippen molar-refractivity contribution in [2.45, 2.75) is 42.5 Å². The number of piperidine rings is 1. The number of nitrogens with zero attached hydrogens (tertiary/aromatic N) is 2. The molecule has 1 aliphatic rings. The molecule has 0 spiro atoms. The Morgan fingerprint density at radius 1 is 1.28 bits per heavy atom. The molecular weight excluding hydrogens is 358 g/mol. The third-order valence-corrected chi connectivity index (χ3v) is 7.57. The summed E-state index contributed by atoms with van der Waals surface area (Å²) in [6, 6.07) is 8.59. The van der Waals surface area contributed by atoms with Crippen LogP contribution in [0.5, 0.6) is 0 Å². The van der Waals surface area contributed by atoms with Crippen LogP contribution >= 0.6 is 11.3 Å². The van der Waals surface area contributed by atoms with Crippen molar-refractivity contribution in [3.8, 4) is 0 Å². The number of hydrogen-bond donors (Lipinski definition) is 1. The number of nitrogens with one attached hydrogen (secondary N) is 1. The van der Waals surface area contributed by atoms with Gasteiger partial charge in [-0.25, -0.2) is 8.42 Å². The summed E-state index contributed by atoms with van der Waals surface area (Å²) < 4.78 is 27.5. The van der Waals surface area contributed by atoms with Gasteiger partial charge in [-0.05, 0) is 36.4 Å². The van der Waals surface area contributed by atoms with Gasteiger partial charge >= 0.3 is 0 Å². The lowest BCUT2D eigenvalue weighted by molar-refractivity contribution is -0.122. The smallest absolute Gasteiger partial charge is 0.252 e. The Bertz CT molecular complexity index is 792. The molecule has 6 nitrogen and oxygen atoms in total. The number of thiophene rings is 1. The number of carbonyl (C=O) groups is 1. The van der Waals surface area contributed by atoms with Crippen molar-refractivity contribution in [3.63, 3.8) is 0 Å². The lowest BCUT2D eigenvalue weighted by Gasteiger charge is -2.33. The first kappa shape index (κ1) is 18.0. The standard InChI is InChI=1S/C17H21N3O3S2/c21-16(19-13-14-6-1-3-9-18-14)12-15-7-2-4-10-20(15)25(22,23)17-8-5-11-24-17/h1,3,5-6,8-9,11,15H,2,4,7,10,12-13H2,(H,19,21)/t15-/m0/s1. The van der Waals surface area contributed by atoms with E-state index in [-0.39, 0.29) is 18.4 Å². The molecule has 1 fully saturated rings. The van der Waals surface area contributed by atoms with Crippen LogP contribution in [0.1, 0.15) is 31.4 Å². The summed E-state index contributed by atoms with van der Waals surface area (Å²) in [6.07, 6.45) is 4.34. The molecule has 0 unspecified atom stereocenters. The van der Waals surface area contributed by atoms with Gasteiger partial charge in [0, 0.05) is 25.2 Å². The summed E-state index contributed by atoms with van der Waals surface area (Å²) in [5.74, 6) is -0.149. The molecule has 0 aromatic carbocycles. The third-order valence-electron chi connectivity index (χ3n) is 4.25. The van der Waals surface area contributed by atoms with Crippen LogP contribution in [-0.4, -0.2) is 36.2 Å². The zero-order chi connectivity index (χ0) is 17.7. The van der Waals surface area contributed by atoms with E-state index in [9.17, 15) is 13.2 Å². The van der Waals surface area contributed by atoms with Gasteiger partial charge in [0.2, 0.25) is 5.91 Å². The molecule has 1 atom stereocenters. The van der Waals surface area contributed by atoms with E-state index in [0.717, 1.165) is 18.5 Å². The lowest BCUT2D eigenvalue weighted by Crippen LogP contribution is -2.45. The number of aromatic nitrogens is 1. The fourth-order valence-corrected chi connectivity index (χ4v) is 5.81. The Labute approximate surface area is 151 Å². The van der Waals surface area contributed by atoms with E-state index >= 15 is 0 Å². The summed E-state index contributed by atoms with van der Waals surface area (Å²) in [6.45, 7) is 0.822. The molecule has 8 heteroatoms. The molecule has 0 radical (unpaired) electrons. The van der Waals surface area contributed by atoms with Crippen molar-refractivity contribution >= 4 is 27.3 Å². The number of amides is 1. The highest BCUT2D eigenvalue weighted by Gasteiger charge is 2.35. The first-order chi connectivity index (χ1) is 12.1. The highest BCUT2D eigenvalue weighted by Crippen LogP contribution is 2.29. The van der Waals surface area contributed by atoms with Gasteiger partial charge in [-0.1, -0.05) is 18.6 Å². The molecule has 1 N–H and O–H groups in total. The van der Waals surface area contributed by atoms with Crippen molar-refractivity contribution in [1.29, 1.82) is 0 Å². The van der Waals surface area contributed by atoms with E-state index in [1.807, 2.05) is 18.2 Å². The quantitative estimate of drug-likeness (QED) is 0.836. The van der Waals surface area contributed by atoms with Crippen LogP contribution in [0.15, 0.2) is 46.1 Å². The van der Waals surface area contributed by atoms with Crippen molar-refractivity contribution < 1.29 is 13.2 Å². The minimum Gasteiger partial charge on any atom is -0.350 e. The normalized spacial score (nSPS) is 18.8. The molecule has 25 heavy (non-hydrogen) atoms. The van der Waals surface area contributed by atoms with Gasteiger partial charge in [0.25, 0.3) is 10.0 Å². The fraction of sp³-hybridized carbons (Fsp3) is 0.412. The molecule has 3 rings (SSSR count). The Balaban J connectivity index is 1.64. The molecular formula is C17H21N3O3S2. The fourth-order valence-electron chi connectivity index (χ4n) is 3.00. The molecule has 1 saturated heterocycles. The van der Waals surface area contributed by atoms with Crippen molar-refractivity contribution in [3.05, 3.63) is 47.6 Å². The zero-order valence-corrected chi connectivity index (χ0v) is 15.4. The van der Waals surface area contributed by atoms with Gasteiger partial charge in [-0.2, -0.15) is 4.31 Å². The first-order valence-electron chi connectivity index (χ1n) is 8.29. The summed E-state index contributed by atoms with van der Waals surface area (Å²) in [4.78, 5) is 16.5. The average molecular weight is 380 g/mol. The van der Waals surface area contributed by atoms with Crippen LogP contribution in [0, 0.1) is 0 Å². The molecule has 0 saturated carbocycles. The number of hydrogen-bond acceptors (Lipinski definition) is 5. The summed E-state index contributed by atoms with van der Waals surface area (Å²) in [5.41, 5.74) is 0.780. The molecule has 2 aromatic rings. The summed E-state index contributed by atoms with van der Waals surface area (Å²) in [7, 11) is -3.52. The van der Waals surface area contributed by atoms with E-state index < -0.39 is 10.0 Å². The highest BCUT2D eigenvalue weighted by molar-refractivity contribution is 7.91. The van der Waals surface area contributed by atoms with Gasteiger partial charge in [-0.15, -0.1) is 11.3 Å². The van der Waals surface area contributed by atoms with Gasteiger partial charge < -0.3 is 5.32 Å². The van der Waals surface area contributed by atoms with Gasteiger partial charge in [0.1, 0.15) is 4.21 Å². The second-order valence-electron chi connectivity index (χ2n) is 6.00. The van der Waals surface area contributed by atoms with E-state index in [0.29, 0.717) is 23.7 Å². The maximum atomic E-state index is 12.8. The van der Waals surface area contributed by atoms with Gasteiger partial charge in [0.15, 0.2) is 0 Å². The largest absolute Gasteiger partial charge is 0.350 e. The molecule has 3 heterocycles. The highest BCUT2D eigenvalue weighted by atomic mass is 32.2. The van der Waals surface area contributed by atoms with Crippen molar-refractivity contribution in [2.75, 3.05) is 6.54 Å². The predicted octanol–water partition coefficient (Wildman–Crippen LogP) is 2.39. The second-order valence-corrected chi connectivity index (χ2v) is 9.06. The Morgan fingerprint density at radius 3 is 2.88 bits per heavy atom. The van der Waals surface area contributed by atoms with E-state index in [1.54, 1.807) is 23.7 Å². The topological polar surface area (TPSA) is 79.4 Å². The number of carbonyl (C=O) groups excluding carboxylic acids is 1. The Kier molecular flexibility index (Phi) is 5.82. The second kappa shape index (κ2) is 8.07. The zero-order valence-electron chi connectivity index (χ0n) is 13.8. The first-order valence-corrected chi connectivity index (χ1v) is 10.6. The SMILES string of the molecule is O=C(C[C@@H]1CCCCN1S(=O)(=O)c1cccs1)NCc1ccccn1. The van der Waals surface area contributed by atoms with Crippen LogP contribution in [0.3, 0.4) is 0 Å². The minimum atomic E-state index is -3.52. The molecule has 1 aliphatic heterocycles. The van der Waals surface area contributed by atoms with Crippen LogP contribution in [0.4, 0.5) is 0 Å². The maximum Gasteiger partial charge on any atom is 0.252 e. The van der Waals surface area contributed by atoms with E-state index in [4.69, 9.17) is 0 Å². The monoisotopic (exact) mass is 379 g/mol. The molecule has 134 valence electrons. The number of sulfonamides is 1. The number of pyridine rings is 1. The van der Waals surface area contributed by atoms with Gasteiger partial charge in [0.05, 0.1) is 12.2 Å². The summed E-state index contributed by atoms with van der Waals surface area (Å²) >= 11 is 1.21. The van der Waals surface area contributed by atoms with Crippen LogP contribution in [-0.2, 0) is 21.4 Å². The molecule has 1 amide bonds. The average Bonchev–Trinajstić information content (AvgIpc) is 3.17. The van der Waals surface area contributed by atoms with E-state index in [1.165, 1.54) is 15.6 Å². The van der Waals surface area contributed by atoms with Crippen LogP contribution in [0.2, 0.25) is 0 Å². The lowest BCUT2D eigenvalue weighted by atomic mass is 10.0.